The third kappa shape index (κ3) is 2.97. The van der Waals surface area contributed by atoms with E-state index < -0.39 is 0 Å². The van der Waals surface area contributed by atoms with Crippen LogP contribution in [0, 0.1) is 0 Å². The highest BCUT2D eigenvalue weighted by atomic mass is 16.5. The Kier molecular flexibility index (Phi) is 4.37. The highest BCUT2D eigenvalue weighted by molar-refractivity contribution is 5.21. The van der Waals surface area contributed by atoms with E-state index in [4.69, 9.17) is 4.74 Å². The minimum atomic E-state index is 0.569. The van der Waals surface area contributed by atoms with Gasteiger partial charge in [0, 0.05) is 18.3 Å². The molecule has 0 N–H and O–H groups in total. The normalized spacial score (nSPS) is 20.7. The maximum absolute atomic E-state index is 5.10. The number of methoxy groups -OCH3 is 1. The molecule has 0 spiro atoms. The van der Waals surface area contributed by atoms with Gasteiger partial charge in [0.05, 0.1) is 7.11 Å². The van der Waals surface area contributed by atoms with Crippen LogP contribution in [-0.2, 0) is 0 Å². The average Bonchev–Trinajstić information content (AvgIpc) is 2.84. The van der Waals surface area contributed by atoms with Crippen molar-refractivity contribution < 1.29 is 4.74 Å². The minimum absolute atomic E-state index is 0.569. The summed E-state index contributed by atoms with van der Waals surface area (Å²) in [5, 5.41) is 0. The van der Waals surface area contributed by atoms with Crippen LogP contribution in [0.1, 0.15) is 44.2 Å². The number of pyridine rings is 1. The number of rotatable bonds is 5. The monoisotopic (exact) mass is 234 g/mol. The highest BCUT2D eigenvalue weighted by Crippen LogP contribution is 2.32. The molecule has 0 aliphatic carbocycles. The Morgan fingerprint density at radius 3 is 3.00 bits per heavy atom. The van der Waals surface area contributed by atoms with E-state index in [2.05, 4.69) is 22.9 Å². The molecule has 0 radical (unpaired) electrons. The van der Waals surface area contributed by atoms with Crippen LogP contribution in [0.25, 0.3) is 0 Å². The Hall–Kier alpha value is -1.09. The molecule has 94 valence electrons. The van der Waals surface area contributed by atoms with Crippen molar-refractivity contribution in [3.8, 4) is 5.88 Å². The molecule has 2 heterocycles. The molecule has 1 atom stereocenters. The van der Waals surface area contributed by atoms with Crippen LogP contribution < -0.4 is 4.74 Å². The number of hydrogen-bond acceptors (Lipinski definition) is 3. The van der Waals surface area contributed by atoms with Crippen molar-refractivity contribution in [3.05, 3.63) is 23.9 Å². The van der Waals surface area contributed by atoms with Gasteiger partial charge in [0.25, 0.3) is 0 Å². The lowest BCUT2D eigenvalue weighted by Gasteiger charge is -2.24. The summed E-state index contributed by atoms with van der Waals surface area (Å²) in [6.07, 6.45) is 7.09. The topological polar surface area (TPSA) is 25.4 Å². The van der Waals surface area contributed by atoms with Gasteiger partial charge in [0.15, 0.2) is 0 Å². The number of ether oxygens (including phenoxy) is 1. The Labute approximate surface area is 104 Å². The van der Waals surface area contributed by atoms with E-state index in [9.17, 15) is 0 Å². The predicted octanol–water partition coefficient (Wildman–Crippen LogP) is 3.03. The second-order valence-corrected chi connectivity index (χ2v) is 4.68. The summed E-state index contributed by atoms with van der Waals surface area (Å²) in [6.45, 7) is 4.70. The average molecular weight is 234 g/mol. The van der Waals surface area contributed by atoms with Crippen LogP contribution in [0.4, 0.5) is 0 Å². The molecule has 1 aliphatic rings. The first kappa shape index (κ1) is 12.4. The predicted molar refractivity (Wildman–Crippen MR) is 69.2 cm³/mol. The Morgan fingerprint density at radius 1 is 1.47 bits per heavy atom. The summed E-state index contributed by atoms with van der Waals surface area (Å²) in [5.74, 6) is 0.701. The zero-order valence-electron chi connectivity index (χ0n) is 10.9. The molecule has 1 aliphatic heterocycles. The summed E-state index contributed by atoms with van der Waals surface area (Å²) in [4.78, 5) is 6.90. The Balaban J connectivity index is 2.03. The van der Waals surface area contributed by atoms with Crippen LogP contribution >= 0.6 is 0 Å². The summed E-state index contributed by atoms with van der Waals surface area (Å²) >= 11 is 0. The lowest BCUT2D eigenvalue weighted by Crippen LogP contribution is -2.24. The zero-order chi connectivity index (χ0) is 12.1. The molecular formula is C14H22N2O. The zero-order valence-corrected chi connectivity index (χ0v) is 10.9. The Bertz CT molecular complexity index is 337. The third-order valence-corrected chi connectivity index (χ3v) is 3.52. The molecule has 1 aromatic heterocycles. The Morgan fingerprint density at radius 2 is 2.35 bits per heavy atom. The second-order valence-electron chi connectivity index (χ2n) is 4.68. The van der Waals surface area contributed by atoms with Gasteiger partial charge in [-0.15, -0.1) is 0 Å². The van der Waals surface area contributed by atoms with Gasteiger partial charge in [-0.2, -0.15) is 0 Å². The molecule has 3 nitrogen and oxygen atoms in total. The summed E-state index contributed by atoms with van der Waals surface area (Å²) in [5.41, 5.74) is 1.33. The van der Waals surface area contributed by atoms with Crippen molar-refractivity contribution in [2.75, 3.05) is 20.2 Å². The number of hydrogen-bond donors (Lipinski definition) is 0. The maximum atomic E-state index is 5.10. The first-order valence-electron chi connectivity index (χ1n) is 6.59. The summed E-state index contributed by atoms with van der Waals surface area (Å²) in [7, 11) is 1.66. The summed E-state index contributed by atoms with van der Waals surface area (Å²) < 4.78 is 5.10. The fourth-order valence-electron chi connectivity index (χ4n) is 2.54. The van der Waals surface area contributed by atoms with Crippen molar-refractivity contribution in [3.63, 3.8) is 0 Å². The van der Waals surface area contributed by atoms with Gasteiger partial charge in [-0.05, 0) is 37.9 Å². The van der Waals surface area contributed by atoms with E-state index in [-0.39, 0.29) is 0 Å². The third-order valence-electron chi connectivity index (χ3n) is 3.52. The van der Waals surface area contributed by atoms with Gasteiger partial charge in [0.1, 0.15) is 0 Å². The second kappa shape index (κ2) is 6.01. The lowest BCUT2D eigenvalue weighted by molar-refractivity contribution is 0.252. The molecule has 0 amide bonds. The van der Waals surface area contributed by atoms with Crippen LogP contribution in [-0.4, -0.2) is 30.1 Å². The highest BCUT2D eigenvalue weighted by Gasteiger charge is 2.25. The first-order chi connectivity index (χ1) is 8.35. The van der Waals surface area contributed by atoms with Gasteiger partial charge in [-0.3, -0.25) is 4.90 Å². The van der Waals surface area contributed by atoms with Crippen molar-refractivity contribution in [1.82, 2.24) is 9.88 Å². The van der Waals surface area contributed by atoms with Crippen LogP contribution in [0.5, 0.6) is 5.88 Å². The fourth-order valence-corrected chi connectivity index (χ4v) is 2.54. The molecule has 3 heteroatoms. The standard InChI is InChI=1S/C14H22N2O/c1-3-4-9-16-10-5-6-13(16)12-7-8-14(17-2)15-11-12/h7-8,11,13H,3-6,9-10H2,1-2H3. The number of likely N-dealkylation sites (tertiary alicyclic amines) is 1. The molecule has 1 fully saturated rings. The molecular weight excluding hydrogens is 212 g/mol. The molecule has 0 aromatic carbocycles. The maximum Gasteiger partial charge on any atom is 0.212 e. The quantitative estimate of drug-likeness (QED) is 0.783. The van der Waals surface area contributed by atoms with Crippen molar-refractivity contribution >= 4 is 0 Å². The van der Waals surface area contributed by atoms with Crippen LogP contribution in [0.3, 0.4) is 0 Å². The van der Waals surface area contributed by atoms with Crippen molar-refractivity contribution in [1.29, 1.82) is 0 Å². The molecule has 17 heavy (non-hydrogen) atoms. The first-order valence-corrected chi connectivity index (χ1v) is 6.59. The van der Waals surface area contributed by atoms with E-state index in [0.717, 1.165) is 0 Å². The number of nitrogens with zero attached hydrogens (tertiary/aromatic N) is 2. The van der Waals surface area contributed by atoms with Crippen LogP contribution in [0.15, 0.2) is 18.3 Å². The van der Waals surface area contributed by atoms with E-state index in [1.165, 1.54) is 44.3 Å². The van der Waals surface area contributed by atoms with Crippen molar-refractivity contribution in [2.24, 2.45) is 0 Å². The fraction of sp³-hybridized carbons (Fsp3) is 0.643. The SMILES string of the molecule is CCCCN1CCCC1c1ccc(OC)nc1. The summed E-state index contributed by atoms with van der Waals surface area (Å²) in [6, 6.07) is 4.69. The van der Waals surface area contributed by atoms with Crippen LogP contribution in [0.2, 0.25) is 0 Å². The lowest BCUT2D eigenvalue weighted by atomic mass is 10.1. The minimum Gasteiger partial charge on any atom is -0.481 e. The van der Waals surface area contributed by atoms with Crippen molar-refractivity contribution in [2.45, 2.75) is 38.6 Å². The van der Waals surface area contributed by atoms with Gasteiger partial charge in [-0.25, -0.2) is 4.98 Å². The van der Waals surface area contributed by atoms with Gasteiger partial charge < -0.3 is 4.74 Å². The van der Waals surface area contributed by atoms with E-state index in [1.807, 2.05) is 12.3 Å². The molecule has 2 rings (SSSR count). The molecule has 1 saturated heterocycles. The largest absolute Gasteiger partial charge is 0.481 e. The van der Waals surface area contributed by atoms with Gasteiger partial charge in [0.2, 0.25) is 5.88 Å². The number of unbranched alkanes of at least 4 members (excludes halogenated alkanes) is 1. The molecule has 1 aromatic rings. The number of aromatic nitrogens is 1. The van der Waals surface area contributed by atoms with Gasteiger partial charge >= 0.3 is 0 Å². The molecule has 0 saturated carbocycles. The van der Waals surface area contributed by atoms with E-state index in [0.29, 0.717) is 11.9 Å². The van der Waals surface area contributed by atoms with E-state index in [1.54, 1.807) is 7.11 Å². The van der Waals surface area contributed by atoms with Gasteiger partial charge in [-0.1, -0.05) is 19.4 Å². The smallest absolute Gasteiger partial charge is 0.212 e. The van der Waals surface area contributed by atoms with E-state index >= 15 is 0 Å². The molecule has 1 unspecified atom stereocenters. The molecule has 0 bridgehead atoms.